The summed E-state index contributed by atoms with van der Waals surface area (Å²) < 4.78 is 0.877. The van der Waals surface area contributed by atoms with Gasteiger partial charge in [0.1, 0.15) is 12.1 Å². The summed E-state index contributed by atoms with van der Waals surface area (Å²) in [6, 6.07) is 12.1. The molecule has 21 heavy (non-hydrogen) atoms. The molecule has 1 aromatic heterocycles. The Morgan fingerprint density at radius 3 is 2.71 bits per heavy atom. The maximum atomic E-state index is 10.9. The van der Waals surface area contributed by atoms with Gasteiger partial charge in [-0.25, -0.2) is 9.97 Å². The summed E-state index contributed by atoms with van der Waals surface area (Å²) >= 11 is 3.44. The molecule has 0 atom stereocenters. The smallest absolute Gasteiger partial charge is 0.270 e. The Labute approximate surface area is 128 Å². The molecule has 1 N–H and O–H groups in total. The largest absolute Gasteiger partial charge is 0.339 e. The van der Waals surface area contributed by atoms with E-state index in [0.717, 1.165) is 10.2 Å². The van der Waals surface area contributed by atoms with Crippen LogP contribution in [0.25, 0.3) is 10.9 Å². The molecule has 0 fully saturated rings. The number of rotatable bonds is 3. The number of aromatic nitrogens is 2. The number of nitro benzene ring substituents is 1. The van der Waals surface area contributed by atoms with Crippen LogP contribution in [-0.2, 0) is 0 Å². The fraction of sp³-hybridized carbons (Fsp3) is 0. The number of fused-ring (bicyclic) bond motifs is 1. The molecule has 0 aliphatic rings. The summed E-state index contributed by atoms with van der Waals surface area (Å²) in [5.74, 6) is 0.524. The van der Waals surface area contributed by atoms with Crippen LogP contribution in [0.2, 0.25) is 0 Å². The molecule has 104 valence electrons. The van der Waals surface area contributed by atoms with Crippen molar-refractivity contribution in [2.45, 2.75) is 0 Å². The maximum Gasteiger partial charge on any atom is 0.270 e. The topological polar surface area (TPSA) is 81.0 Å². The number of anilines is 2. The number of nitrogens with zero attached hydrogens (tertiary/aromatic N) is 3. The van der Waals surface area contributed by atoms with Gasteiger partial charge in [-0.05, 0) is 34.1 Å². The van der Waals surface area contributed by atoms with E-state index in [1.807, 2.05) is 24.3 Å². The lowest BCUT2D eigenvalue weighted by Gasteiger charge is -2.09. The molecule has 0 amide bonds. The summed E-state index contributed by atoms with van der Waals surface area (Å²) in [5, 5.41) is 14.7. The number of benzene rings is 2. The van der Waals surface area contributed by atoms with Gasteiger partial charge in [-0.15, -0.1) is 0 Å². The molecule has 0 saturated carbocycles. The van der Waals surface area contributed by atoms with Gasteiger partial charge in [0.05, 0.1) is 16.1 Å². The SMILES string of the molecule is O=[N+]([O-])c1ccc2ncnc(Nc3ccccc3Br)c2c1. The van der Waals surface area contributed by atoms with Crippen LogP contribution < -0.4 is 5.32 Å². The third-order valence-electron chi connectivity index (χ3n) is 2.96. The summed E-state index contributed by atoms with van der Waals surface area (Å²) in [7, 11) is 0. The van der Waals surface area contributed by atoms with Gasteiger partial charge < -0.3 is 5.32 Å². The standard InChI is InChI=1S/C14H9BrN4O2/c15-11-3-1-2-4-13(11)18-14-10-7-9(19(20)21)5-6-12(10)16-8-17-14/h1-8H,(H,16,17,18). The summed E-state index contributed by atoms with van der Waals surface area (Å²) in [4.78, 5) is 18.8. The first-order chi connectivity index (χ1) is 10.1. The van der Waals surface area contributed by atoms with Crippen LogP contribution in [0.3, 0.4) is 0 Å². The molecule has 1 heterocycles. The summed E-state index contributed by atoms with van der Waals surface area (Å²) in [5.41, 5.74) is 1.47. The van der Waals surface area contributed by atoms with Crippen LogP contribution in [0, 0.1) is 10.1 Å². The lowest BCUT2D eigenvalue weighted by molar-refractivity contribution is -0.384. The first kappa shape index (κ1) is 13.4. The van der Waals surface area contributed by atoms with Crippen LogP contribution in [0.5, 0.6) is 0 Å². The summed E-state index contributed by atoms with van der Waals surface area (Å²) in [6.07, 6.45) is 1.42. The molecular weight excluding hydrogens is 336 g/mol. The molecule has 0 aliphatic carbocycles. The van der Waals surface area contributed by atoms with Crippen molar-refractivity contribution in [2.24, 2.45) is 0 Å². The second-order valence-electron chi connectivity index (χ2n) is 4.29. The van der Waals surface area contributed by atoms with Crippen LogP contribution in [0.4, 0.5) is 17.2 Å². The lowest BCUT2D eigenvalue weighted by atomic mass is 10.2. The minimum Gasteiger partial charge on any atom is -0.339 e. The monoisotopic (exact) mass is 344 g/mol. The average molecular weight is 345 g/mol. The number of nitrogens with one attached hydrogen (secondary N) is 1. The van der Waals surface area contributed by atoms with Crippen molar-refractivity contribution in [1.82, 2.24) is 9.97 Å². The Hall–Kier alpha value is -2.54. The number of hydrogen-bond donors (Lipinski definition) is 1. The molecule has 3 aromatic rings. The van der Waals surface area contributed by atoms with Crippen molar-refractivity contribution in [3.63, 3.8) is 0 Å². The number of halogens is 1. The van der Waals surface area contributed by atoms with Gasteiger partial charge >= 0.3 is 0 Å². The fourth-order valence-electron chi connectivity index (χ4n) is 1.95. The van der Waals surface area contributed by atoms with Crippen molar-refractivity contribution in [3.05, 3.63) is 63.4 Å². The molecule has 0 saturated heterocycles. The van der Waals surface area contributed by atoms with Crippen molar-refractivity contribution < 1.29 is 4.92 Å². The molecule has 2 aromatic carbocycles. The molecule has 0 radical (unpaired) electrons. The first-order valence-electron chi connectivity index (χ1n) is 6.06. The van der Waals surface area contributed by atoms with E-state index in [1.165, 1.54) is 18.5 Å². The zero-order valence-electron chi connectivity index (χ0n) is 10.7. The van der Waals surface area contributed by atoms with Crippen molar-refractivity contribution in [2.75, 3.05) is 5.32 Å². The van der Waals surface area contributed by atoms with Crippen molar-refractivity contribution in [1.29, 1.82) is 0 Å². The van der Waals surface area contributed by atoms with E-state index in [2.05, 4.69) is 31.2 Å². The molecule has 3 rings (SSSR count). The zero-order chi connectivity index (χ0) is 14.8. The Kier molecular flexibility index (Phi) is 3.49. The van der Waals surface area contributed by atoms with Crippen molar-refractivity contribution in [3.8, 4) is 0 Å². The van der Waals surface area contributed by atoms with E-state index >= 15 is 0 Å². The Bertz CT molecular complexity index is 838. The van der Waals surface area contributed by atoms with Crippen LogP contribution in [0.1, 0.15) is 0 Å². The molecule has 0 aliphatic heterocycles. The highest BCUT2D eigenvalue weighted by Crippen LogP contribution is 2.29. The highest BCUT2D eigenvalue weighted by Gasteiger charge is 2.11. The molecule has 6 nitrogen and oxygen atoms in total. The van der Waals surface area contributed by atoms with Crippen LogP contribution in [-0.4, -0.2) is 14.9 Å². The summed E-state index contributed by atoms with van der Waals surface area (Å²) in [6.45, 7) is 0. The quantitative estimate of drug-likeness (QED) is 0.572. The molecule has 0 bridgehead atoms. The average Bonchev–Trinajstić information content (AvgIpc) is 2.49. The minimum atomic E-state index is -0.436. The van der Waals surface area contributed by atoms with Gasteiger partial charge in [-0.2, -0.15) is 0 Å². The van der Waals surface area contributed by atoms with Gasteiger partial charge in [0, 0.05) is 22.0 Å². The molecule has 0 unspecified atom stereocenters. The second kappa shape index (κ2) is 5.45. The van der Waals surface area contributed by atoms with E-state index in [4.69, 9.17) is 0 Å². The first-order valence-corrected chi connectivity index (χ1v) is 6.85. The highest BCUT2D eigenvalue weighted by molar-refractivity contribution is 9.10. The van der Waals surface area contributed by atoms with Gasteiger partial charge in [-0.3, -0.25) is 10.1 Å². The fourth-order valence-corrected chi connectivity index (χ4v) is 2.33. The second-order valence-corrected chi connectivity index (χ2v) is 5.14. The Morgan fingerprint density at radius 2 is 1.95 bits per heavy atom. The van der Waals surface area contributed by atoms with Gasteiger partial charge in [0.2, 0.25) is 0 Å². The third kappa shape index (κ3) is 2.68. The number of non-ortho nitro benzene ring substituents is 1. The molecule has 0 spiro atoms. The Morgan fingerprint density at radius 1 is 1.14 bits per heavy atom. The van der Waals surface area contributed by atoms with E-state index < -0.39 is 4.92 Å². The van der Waals surface area contributed by atoms with E-state index in [0.29, 0.717) is 16.7 Å². The third-order valence-corrected chi connectivity index (χ3v) is 3.65. The van der Waals surface area contributed by atoms with Crippen molar-refractivity contribution >= 4 is 44.0 Å². The Balaban J connectivity index is 2.11. The van der Waals surface area contributed by atoms with Gasteiger partial charge in [0.15, 0.2) is 0 Å². The highest BCUT2D eigenvalue weighted by atomic mass is 79.9. The van der Waals surface area contributed by atoms with Gasteiger partial charge in [-0.1, -0.05) is 12.1 Å². The molecular formula is C14H9BrN4O2. The van der Waals surface area contributed by atoms with Crippen LogP contribution in [0.15, 0.2) is 53.3 Å². The zero-order valence-corrected chi connectivity index (χ0v) is 12.2. The normalized spacial score (nSPS) is 10.5. The van der Waals surface area contributed by atoms with Crippen LogP contribution >= 0.6 is 15.9 Å². The lowest BCUT2D eigenvalue weighted by Crippen LogP contribution is -1.97. The minimum absolute atomic E-state index is 0.00692. The maximum absolute atomic E-state index is 10.9. The number of para-hydroxylation sites is 1. The van der Waals surface area contributed by atoms with E-state index in [1.54, 1.807) is 6.07 Å². The number of nitro groups is 1. The van der Waals surface area contributed by atoms with E-state index in [9.17, 15) is 10.1 Å². The van der Waals surface area contributed by atoms with E-state index in [-0.39, 0.29) is 5.69 Å². The predicted molar refractivity (Wildman–Crippen MR) is 83.6 cm³/mol. The molecule has 7 heteroatoms. The predicted octanol–water partition coefficient (Wildman–Crippen LogP) is 4.04. The van der Waals surface area contributed by atoms with Gasteiger partial charge in [0.25, 0.3) is 5.69 Å². The number of hydrogen-bond acceptors (Lipinski definition) is 5.